The molecule has 2 heteroatoms. The smallest absolute Gasteiger partial charge is 0.0296 e. The van der Waals surface area contributed by atoms with Gasteiger partial charge in [0.1, 0.15) is 0 Å². The van der Waals surface area contributed by atoms with Gasteiger partial charge in [-0.25, -0.2) is 0 Å². The summed E-state index contributed by atoms with van der Waals surface area (Å²) < 4.78 is 0. The molecule has 39 heavy (non-hydrogen) atoms. The van der Waals surface area contributed by atoms with E-state index in [2.05, 4.69) is 37.4 Å². The predicted octanol–water partition coefficient (Wildman–Crippen LogP) is 12.3. The van der Waals surface area contributed by atoms with Crippen LogP contribution in [-0.4, -0.2) is 13.1 Å². The van der Waals surface area contributed by atoms with E-state index in [-0.39, 0.29) is 0 Å². The van der Waals surface area contributed by atoms with E-state index in [1.165, 1.54) is 185 Å². The Bertz CT molecular complexity index is 496. The van der Waals surface area contributed by atoms with Crippen molar-refractivity contribution in [3.8, 4) is 0 Å². The Morgan fingerprint density at radius 2 is 0.821 bits per heavy atom. The second-order valence-corrected chi connectivity index (χ2v) is 12.2. The zero-order valence-electron chi connectivity index (χ0n) is 27.2. The van der Waals surface area contributed by atoms with Crippen LogP contribution in [0.15, 0.2) is 23.9 Å². The first kappa shape index (κ1) is 38.2. The van der Waals surface area contributed by atoms with Crippen molar-refractivity contribution in [3.05, 3.63) is 23.9 Å². The molecule has 0 aliphatic rings. The van der Waals surface area contributed by atoms with Gasteiger partial charge in [0.25, 0.3) is 0 Å². The lowest BCUT2D eigenvalue weighted by atomic mass is 10.0. The van der Waals surface area contributed by atoms with Gasteiger partial charge in [0.15, 0.2) is 0 Å². The van der Waals surface area contributed by atoms with Gasteiger partial charge in [0.05, 0.1) is 0 Å². The number of nitrogens with two attached hydrogens (primary N) is 1. The molecule has 2 nitrogen and oxygen atoms in total. The van der Waals surface area contributed by atoms with Crippen molar-refractivity contribution in [2.45, 2.75) is 200 Å². The predicted molar refractivity (Wildman–Crippen MR) is 180 cm³/mol. The highest BCUT2D eigenvalue weighted by molar-refractivity contribution is 5.16. The van der Waals surface area contributed by atoms with Crippen molar-refractivity contribution in [2.24, 2.45) is 5.73 Å². The van der Waals surface area contributed by atoms with Gasteiger partial charge in [-0.1, -0.05) is 180 Å². The first-order valence-electron chi connectivity index (χ1n) is 18.2. The Labute approximate surface area is 247 Å². The monoisotopic (exact) mass is 547 g/mol. The molecule has 0 aromatic heterocycles. The number of unbranched alkanes of at least 4 members (excludes halogenated alkanes) is 26. The summed E-state index contributed by atoms with van der Waals surface area (Å²) in [5.41, 5.74) is 7.02. The van der Waals surface area contributed by atoms with Crippen molar-refractivity contribution >= 4 is 0 Å². The van der Waals surface area contributed by atoms with Crippen molar-refractivity contribution in [1.29, 1.82) is 0 Å². The lowest BCUT2D eigenvalue weighted by Crippen LogP contribution is -2.16. The van der Waals surface area contributed by atoms with Crippen LogP contribution in [0.4, 0.5) is 0 Å². The van der Waals surface area contributed by atoms with Crippen LogP contribution in [-0.2, 0) is 0 Å². The summed E-state index contributed by atoms with van der Waals surface area (Å²) in [7, 11) is 0. The van der Waals surface area contributed by atoms with Crippen LogP contribution in [0.2, 0.25) is 0 Å². The highest BCUT2D eigenvalue weighted by atomic mass is 14.9. The van der Waals surface area contributed by atoms with E-state index >= 15 is 0 Å². The van der Waals surface area contributed by atoms with Crippen LogP contribution in [0.25, 0.3) is 0 Å². The average molecular weight is 547 g/mol. The van der Waals surface area contributed by atoms with E-state index in [0.29, 0.717) is 0 Å². The summed E-state index contributed by atoms with van der Waals surface area (Å²) >= 11 is 0. The van der Waals surface area contributed by atoms with E-state index in [9.17, 15) is 0 Å². The second kappa shape index (κ2) is 35.3. The molecule has 0 fully saturated rings. The molecule has 232 valence electrons. The molecule has 0 heterocycles. The molecule has 0 unspecified atom stereocenters. The Morgan fingerprint density at radius 3 is 1.21 bits per heavy atom. The Balaban J connectivity index is 3.71. The van der Waals surface area contributed by atoms with Gasteiger partial charge in [-0.2, -0.15) is 0 Å². The molecule has 0 rings (SSSR count). The highest BCUT2D eigenvalue weighted by Crippen LogP contribution is 2.15. The molecule has 0 aliphatic heterocycles. The maximum absolute atomic E-state index is 5.70. The Kier molecular flexibility index (Phi) is 34.6. The fourth-order valence-electron chi connectivity index (χ4n) is 5.44. The SMILES string of the molecule is CCCCCCCCCCCCCCC=C(C=CCCCCCCCCCCCCCCCC)NCCCN. The van der Waals surface area contributed by atoms with E-state index in [0.717, 1.165) is 19.5 Å². The maximum atomic E-state index is 5.70. The molecule has 0 bridgehead atoms. The average Bonchev–Trinajstić information content (AvgIpc) is 2.95. The molecule has 0 radical (unpaired) electrons. The number of hydrogen-bond donors (Lipinski definition) is 2. The minimum Gasteiger partial charge on any atom is -0.385 e. The summed E-state index contributed by atoms with van der Waals surface area (Å²) in [5.74, 6) is 0. The summed E-state index contributed by atoms with van der Waals surface area (Å²) in [4.78, 5) is 0. The van der Waals surface area contributed by atoms with E-state index in [1.807, 2.05) is 0 Å². The summed E-state index contributed by atoms with van der Waals surface area (Å²) in [6.45, 7) is 6.36. The number of rotatable bonds is 33. The van der Waals surface area contributed by atoms with Crippen LogP contribution < -0.4 is 11.1 Å². The quantitative estimate of drug-likeness (QED) is 0.0634. The third-order valence-electron chi connectivity index (χ3n) is 8.15. The highest BCUT2D eigenvalue weighted by Gasteiger charge is 1.96. The largest absolute Gasteiger partial charge is 0.385 e. The third kappa shape index (κ3) is 33.3. The van der Waals surface area contributed by atoms with Gasteiger partial charge < -0.3 is 11.1 Å². The Morgan fingerprint density at radius 1 is 0.462 bits per heavy atom. The molecule has 0 aromatic rings. The fraction of sp³-hybridized carbons (Fsp3) is 0.892. The molecule has 0 aromatic carbocycles. The van der Waals surface area contributed by atoms with Gasteiger partial charge in [-0.05, 0) is 44.7 Å². The lowest BCUT2D eigenvalue weighted by Gasteiger charge is -2.07. The molecule has 3 N–H and O–H groups in total. The molecule has 0 amide bonds. The summed E-state index contributed by atoms with van der Waals surface area (Å²) in [5, 5.41) is 3.61. The Hall–Kier alpha value is -0.760. The first-order valence-corrected chi connectivity index (χ1v) is 18.2. The molecule has 0 saturated carbocycles. The molecular formula is C37H74N2. The van der Waals surface area contributed by atoms with Gasteiger partial charge in [-0.15, -0.1) is 0 Å². The van der Waals surface area contributed by atoms with Crippen LogP contribution in [0.3, 0.4) is 0 Å². The number of nitrogens with one attached hydrogen (secondary N) is 1. The summed E-state index contributed by atoms with van der Waals surface area (Å²) in [6.07, 6.45) is 47.7. The maximum Gasteiger partial charge on any atom is 0.0296 e. The van der Waals surface area contributed by atoms with Crippen molar-refractivity contribution in [2.75, 3.05) is 13.1 Å². The van der Waals surface area contributed by atoms with Crippen LogP contribution >= 0.6 is 0 Å². The first-order chi connectivity index (χ1) is 19.3. The molecule has 0 saturated heterocycles. The minimum absolute atomic E-state index is 0.766. The second-order valence-electron chi connectivity index (χ2n) is 12.2. The van der Waals surface area contributed by atoms with E-state index in [4.69, 9.17) is 5.73 Å². The van der Waals surface area contributed by atoms with E-state index in [1.54, 1.807) is 0 Å². The van der Waals surface area contributed by atoms with E-state index < -0.39 is 0 Å². The minimum atomic E-state index is 0.766. The molecule has 0 aliphatic carbocycles. The van der Waals surface area contributed by atoms with Gasteiger partial charge >= 0.3 is 0 Å². The fourth-order valence-corrected chi connectivity index (χ4v) is 5.44. The van der Waals surface area contributed by atoms with Gasteiger partial charge in [0, 0.05) is 12.2 Å². The number of allylic oxidation sites excluding steroid dienone is 3. The zero-order chi connectivity index (χ0) is 28.3. The van der Waals surface area contributed by atoms with Gasteiger partial charge in [0.2, 0.25) is 0 Å². The van der Waals surface area contributed by atoms with Crippen LogP contribution in [0.1, 0.15) is 200 Å². The normalized spacial score (nSPS) is 12.1. The molecule has 0 atom stereocenters. The lowest BCUT2D eigenvalue weighted by molar-refractivity contribution is 0.536. The molecule has 0 spiro atoms. The van der Waals surface area contributed by atoms with Crippen LogP contribution in [0.5, 0.6) is 0 Å². The third-order valence-corrected chi connectivity index (χ3v) is 8.15. The number of hydrogen-bond acceptors (Lipinski definition) is 2. The summed E-state index contributed by atoms with van der Waals surface area (Å²) in [6, 6.07) is 0. The van der Waals surface area contributed by atoms with Gasteiger partial charge in [-0.3, -0.25) is 0 Å². The van der Waals surface area contributed by atoms with Crippen molar-refractivity contribution in [3.63, 3.8) is 0 Å². The van der Waals surface area contributed by atoms with Crippen molar-refractivity contribution < 1.29 is 0 Å². The van der Waals surface area contributed by atoms with Crippen molar-refractivity contribution in [1.82, 2.24) is 5.32 Å². The standard InChI is InChI=1S/C37H74N2/c1-3-5-7-9-11-13-15-17-18-19-21-23-25-27-29-31-34-37(39-36-32-35-38)33-30-28-26-24-22-20-16-14-12-10-8-6-4-2/h31,33-34,39H,3-30,32,35-36,38H2,1-2H3. The molecular weight excluding hydrogens is 472 g/mol. The topological polar surface area (TPSA) is 38.0 Å². The van der Waals surface area contributed by atoms with Crippen LogP contribution in [0, 0.1) is 0 Å². The zero-order valence-corrected chi connectivity index (χ0v) is 27.2.